The lowest BCUT2D eigenvalue weighted by molar-refractivity contribution is -0.131. The van der Waals surface area contributed by atoms with E-state index in [1.807, 2.05) is 37.4 Å². The lowest BCUT2D eigenvalue weighted by atomic mass is 10.2. The second kappa shape index (κ2) is 5.87. The van der Waals surface area contributed by atoms with Crippen LogP contribution in [0.25, 0.3) is 0 Å². The molecule has 1 N–H and O–H groups in total. The van der Waals surface area contributed by atoms with Gasteiger partial charge in [-0.2, -0.15) is 5.10 Å². The molecule has 0 fully saturated rings. The van der Waals surface area contributed by atoms with Gasteiger partial charge in [0.05, 0.1) is 6.54 Å². The van der Waals surface area contributed by atoms with Gasteiger partial charge in [0.25, 0.3) is 5.91 Å². The number of amides is 1. The van der Waals surface area contributed by atoms with Crippen molar-refractivity contribution in [2.45, 2.75) is 25.6 Å². The Morgan fingerprint density at radius 2 is 2.24 bits per heavy atom. The quantitative estimate of drug-likeness (QED) is 0.918. The molecule has 2 atom stereocenters. The molecule has 0 saturated heterocycles. The fourth-order valence-corrected chi connectivity index (χ4v) is 2.22. The minimum Gasteiger partial charge on any atom is -0.485 e. The molecule has 2 aromatic rings. The molecule has 1 aliphatic rings. The zero-order valence-corrected chi connectivity index (χ0v) is 11.7. The minimum absolute atomic E-state index is 0.0434. The number of nitrogens with one attached hydrogen (secondary N) is 1. The summed E-state index contributed by atoms with van der Waals surface area (Å²) in [4.78, 5) is 12.2. The van der Waals surface area contributed by atoms with E-state index in [-0.39, 0.29) is 18.6 Å². The number of hydrogen-bond acceptors (Lipinski definition) is 4. The first-order valence-electron chi connectivity index (χ1n) is 6.88. The Kier molecular flexibility index (Phi) is 3.77. The Balaban J connectivity index is 1.56. The van der Waals surface area contributed by atoms with Gasteiger partial charge in [-0.15, -0.1) is 0 Å². The van der Waals surface area contributed by atoms with Crippen molar-refractivity contribution >= 4 is 5.91 Å². The van der Waals surface area contributed by atoms with Crippen molar-refractivity contribution in [1.82, 2.24) is 15.1 Å². The average molecular weight is 287 g/mol. The SMILES string of the molecule is CC(Cn1cccn1)NC(=O)C1COc2ccccc2O1. The molecule has 6 nitrogen and oxygen atoms in total. The summed E-state index contributed by atoms with van der Waals surface area (Å²) in [5.74, 6) is 1.10. The standard InChI is InChI=1S/C15H17N3O3/c1-11(9-18-8-4-7-16-18)17-15(19)14-10-20-12-5-2-3-6-13(12)21-14/h2-8,11,14H,9-10H2,1H3,(H,17,19). The summed E-state index contributed by atoms with van der Waals surface area (Å²) in [5.41, 5.74) is 0. The average Bonchev–Trinajstić information content (AvgIpc) is 2.99. The molecule has 110 valence electrons. The van der Waals surface area contributed by atoms with Gasteiger partial charge in [-0.25, -0.2) is 0 Å². The number of rotatable bonds is 4. The molecule has 21 heavy (non-hydrogen) atoms. The topological polar surface area (TPSA) is 65.4 Å². The molecule has 1 aromatic carbocycles. The van der Waals surface area contributed by atoms with Crippen molar-refractivity contribution < 1.29 is 14.3 Å². The number of nitrogens with zero attached hydrogens (tertiary/aromatic N) is 2. The third kappa shape index (κ3) is 3.16. The maximum atomic E-state index is 12.2. The smallest absolute Gasteiger partial charge is 0.264 e. The number of benzene rings is 1. The van der Waals surface area contributed by atoms with Gasteiger partial charge in [-0.05, 0) is 25.1 Å². The molecule has 2 unspecified atom stereocenters. The monoisotopic (exact) mass is 287 g/mol. The molecule has 0 spiro atoms. The highest BCUT2D eigenvalue weighted by atomic mass is 16.6. The predicted molar refractivity (Wildman–Crippen MR) is 76.2 cm³/mol. The second-order valence-corrected chi connectivity index (χ2v) is 5.00. The molecule has 2 heterocycles. The molecule has 1 aromatic heterocycles. The Hall–Kier alpha value is -2.50. The number of ether oxygens (including phenoxy) is 2. The molecule has 3 rings (SSSR count). The summed E-state index contributed by atoms with van der Waals surface area (Å²) in [5, 5.41) is 7.03. The number of aromatic nitrogens is 2. The second-order valence-electron chi connectivity index (χ2n) is 5.00. The van der Waals surface area contributed by atoms with Crippen LogP contribution in [0.4, 0.5) is 0 Å². The van der Waals surface area contributed by atoms with Gasteiger partial charge in [-0.3, -0.25) is 9.48 Å². The first-order chi connectivity index (χ1) is 10.2. The van der Waals surface area contributed by atoms with Crippen LogP contribution in [0.5, 0.6) is 11.5 Å². The zero-order valence-electron chi connectivity index (χ0n) is 11.7. The van der Waals surface area contributed by atoms with Crippen LogP contribution in [0.2, 0.25) is 0 Å². The number of carbonyl (C=O) groups is 1. The van der Waals surface area contributed by atoms with Gasteiger partial charge in [0.2, 0.25) is 6.10 Å². The van der Waals surface area contributed by atoms with E-state index in [0.717, 1.165) is 0 Å². The van der Waals surface area contributed by atoms with E-state index in [2.05, 4.69) is 10.4 Å². The van der Waals surface area contributed by atoms with Gasteiger partial charge < -0.3 is 14.8 Å². The summed E-state index contributed by atoms with van der Waals surface area (Å²) >= 11 is 0. The van der Waals surface area contributed by atoms with Crippen molar-refractivity contribution in [2.75, 3.05) is 6.61 Å². The van der Waals surface area contributed by atoms with E-state index < -0.39 is 6.10 Å². The first kappa shape index (κ1) is 13.5. The number of carbonyl (C=O) groups excluding carboxylic acids is 1. The fraction of sp³-hybridized carbons (Fsp3) is 0.333. The summed E-state index contributed by atoms with van der Waals surface area (Å²) in [6.45, 7) is 2.76. The van der Waals surface area contributed by atoms with Crippen molar-refractivity contribution in [3.63, 3.8) is 0 Å². The van der Waals surface area contributed by atoms with Crippen LogP contribution < -0.4 is 14.8 Å². The van der Waals surface area contributed by atoms with Gasteiger partial charge in [0.15, 0.2) is 11.5 Å². The van der Waals surface area contributed by atoms with E-state index in [9.17, 15) is 4.79 Å². The van der Waals surface area contributed by atoms with Crippen LogP contribution in [0.3, 0.4) is 0 Å². The number of para-hydroxylation sites is 2. The first-order valence-corrected chi connectivity index (χ1v) is 6.88. The van der Waals surface area contributed by atoms with Crippen LogP contribution in [0.1, 0.15) is 6.92 Å². The highest BCUT2D eigenvalue weighted by Gasteiger charge is 2.27. The highest BCUT2D eigenvalue weighted by molar-refractivity contribution is 5.82. The molecule has 0 saturated carbocycles. The lowest BCUT2D eigenvalue weighted by Gasteiger charge is -2.26. The summed E-state index contributed by atoms with van der Waals surface area (Å²) in [6, 6.07) is 9.14. The van der Waals surface area contributed by atoms with E-state index in [0.29, 0.717) is 18.0 Å². The van der Waals surface area contributed by atoms with E-state index in [4.69, 9.17) is 9.47 Å². The lowest BCUT2D eigenvalue weighted by Crippen LogP contribution is -2.47. The van der Waals surface area contributed by atoms with Gasteiger partial charge >= 0.3 is 0 Å². The minimum atomic E-state index is -0.625. The Morgan fingerprint density at radius 3 is 3.00 bits per heavy atom. The molecular formula is C15H17N3O3. The van der Waals surface area contributed by atoms with Crippen LogP contribution in [0.15, 0.2) is 42.7 Å². The van der Waals surface area contributed by atoms with Crippen LogP contribution >= 0.6 is 0 Å². The van der Waals surface area contributed by atoms with Crippen molar-refractivity contribution in [2.24, 2.45) is 0 Å². The summed E-state index contributed by atoms with van der Waals surface area (Å²) in [7, 11) is 0. The molecule has 1 amide bonds. The highest BCUT2D eigenvalue weighted by Crippen LogP contribution is 2.30. The van der Waals surface area contributed by atoms with Crippen LogP contribution in [-0.2, 0) is 11.3 Å². The van der Waals surface area contributed by atoms with E-state index in [1.54, 1.807) is 16.9 Å². The molecule has 6 heteroatoms. The van der Waals surface area contributed by atoms with Crippen LogP contribution in [-0.4, -0.2) is 34.4 Å². The van der Waals surface area contributed by atoms with E-state index in [1.165, 1.54) is 0 Å². The Labute approximate surface area is 122 Å². The number of hydrogen-bond donors (Lipinski definition) is 1. The van der Waals surface area contributed by atoms with Gasteiger partial charge in [0, 0.05) is 18.4 Å². The Morgan fingerprint density at radius 1 is 1.43 bits per heavy atom. The molecule has 0 aliphatic carbocycles. The summed E-state index contributed by atoms with van der Waals surface area (Å²) < 4.78 is 13.0. The van der Waals surface area contributed by atoms with Crippen molar-refractivity contribution in [3.05, 3.63) is 42.7 Å². The number of fused-ring (bicyclic) bond motifs is 1. The maximum Gasteiger partial charge on any atom is 0.264 e. The zero-order chi connectivity index (χ0) is 14.7. The maximum absolute atomic E-state index is 12.2. The molecule has 0 bridgehead atoms. The largest absolute Gasteiger partial charge is 0.485 e. The molecule has 1 aliphatic heterocycles. The third-order valence-corrected chi connectivity index (χ3v) is 3.21. The van der Waals surface area contributed by atoms with Crippen LogP contribution in [0, 0.1) is 0 Å². The third-order valence-electron chi connectivity index (χ3n) is 3.21. The summed E-state index contributed by atoms with van der Waals surface area (Å²) in [6.07, 6.45) is 2.95. The van der Waals surface area contributed by atoms with Gasteiger partial charge in [-0.1, -0.05) is 12.1 Å². The molecular weight excluding hydrogens is 270 g/mol. The normalized spacial score (nSPS) is 18.0. The fourth-order valence-electron chi connectivity index (χ4n) is 2.22. The van der Waals surface area contributed by atoms with Crippen molar-refractivity contribution in [1.29, 1.82) is 0 Å². The van der Waals surface area contributed by atoms with E-state index >= 15 is 0 Å². The van der Waals surface area contributed by atoms with Crippen molar-refractivity contribution in [3.8, 4) is 11.5 Å². The Bertz CT molecular complexity index is 612. The van der Waals surface area contributed by atoms with Gasteiger partial charge in [0.1, 0.15) is 6.61 Å². The predicted octanol–water partition coefficient (Wildman–Crippen LogP) is 1.23. The molecule has 0 radical (unpaired) electrons.